The maximum atomic E-state index is 12.2. The van der Waals surface area contributed by atoms with E-state index >= 15 is 0 Å². The highest BCUT2D eigenvalue weighted by molar-refractivity contribution is 5.75. The van der Waals surface area contributed by atoms with Crippen molar-refractivity contribution in [3.63, 3.8) is 0 Å². The number of aryl methyl sites for hydroxylation is 1. The normalized spacial score (nSPS) is 20.6. The van der Waals surface area contributed by atoms with Crippen LogP contribution in [-0.2, 0) is 24.7 Å². The summed E-state index contributed by atoms with van der Waals surface area (Å²) in [5.41, 5.74) is 1.03. The summed E-state index contributed by atoms with van der Waals surface area (Å²) in [5.74, 6) is -0.414. The number of epoxide rings is 1. The molecular formula is C19H26O5. The number of ether oxygens (including phenoxy) is 3. The maximum absolute atomic E-state index is 12.2. The lowest BCUT2D eigenvalue weighted by atomic mass is 9.98. The van der Waals surface area contributed by atoms with Crippen molar-refractivity contribution in [3.05, 3.63) is 29.3 Å². The van der Waals surface area contributed by atoms with Gasteiger partial charge < -0.3 is 14.2 Å². The summed E-state index contributed by atoms with van der Waals surface area (Å²) in [7, 11) is 0. The fourth-order valence-corrected chi connectivity index (χ4v) is 2.22. The number of carbonyl (C=O) groups excluding carboxylic acids is 2. The molecule has 2 rings (SSSR count). The monoisotopic (exact) mass is 334 g/mol. The molecule has 1 heterocycles. The van der Waals surface area contributed by atoms with Crippen molar-refractivity contribution in [2.45, 2.75) is 46.6 Å². The molecule has 132 valence electrons. The van der Waals surface area contributed by atoms with E-state index in [1.54, 1.807) is 13.8 Å². The van der Waals surface area contributed by atoms with Crippen LogP contribution in [0, 0.1) is 18.8 Å². The Morgan fingerprint density at radius 3 is 2.46 bits per heavy atom. The van der Waals surface area contributed by atoms with Gasteiger partial charge in [-0.25, -0.2) is 0 Å². The molecule has 1 aliphatic rings. The predicted octanol–water partition coefficient (Wildman–Crippen LogP) is 3.37. The van der Waals surface area contributed by atoms with Crippen molar-refractivity contribution in [1.82, 2.24) is 0 Å². The quantitative estimate of drug-likeness (QED) is 0.434. The lowest BCUT2D eigenvalue weighted by Crippen LogP contribution is -2.24. The van der Waals surface area contributed by atoms with Gasteiger partial charge in [0, 0.05) is 5.56 Å². The van der Waals surface area contributed by atoms with E-state index in [9.17, 15) is 9.59 Å². The molecule has 1 saturated heterocycles. The number of carbonyl (C=O) groups is 2. The largest absolute Gasteiger partial charge is 0.462 e. The van der Waals surface area contributed by atoms with Gasteiger partial charge in [0.2, 0.25) is 0 Å². The van der Waals surface area contributed by atoms with Crippen molar-refractivity contribution in [3.8, 4) is 5.75 Å². The summed E-state index contributed by atoms with van der Waals surface area (Å²) in [4.78, 5) is 23.9. The van der Waals surface area contributed by atoms with E-state index in [-0.39, 0.29) is 30.4 Å². The van der Waals surface area contributed by atoms with Crippen LogP contribution >= 0.6 is 0 Å². The van der Waals surface area contributed by atoms with Crippen molar-refractivity contribution in [2.24, 2.45) is 11.8 Å². The third kappa shape index (κ3) is 4.15. The van der Waals surface area contributed by atoms with E-state index in [0.29, 0.717) is 18.8 Å². The molecule has 0 amide bonds. The molecule has 0 unspecified atom stereocenters. The van der Waals surface area contributed by atoms with Gasteiger partial charge in [-0.15, -0.1) is 0 Å². The van der Waals surface area contributed by atoms with Gasteiger partial charge in [0.1, 0.15) is 12.4 Å². The fraction of sp³-hybridized carbons (Fsp3) is 0.579. The van der Waals surface area contributed by atoms with E-state index in [1.807, 2.05) is 39.0 Å². The van der Waals surface area contributed by atoms with E-state index in [2.05, 4.69) is 0 Å². The lowest BCUT2D eigenvalue weighted by molar-refractivity contribution is -0.149. The third-order valence-electron chi connectivity index (χ3n) is 4.27. The third-order valence-corrected chi connectivity index (χ3v) is 4.27. The van der Waals surface area contributed by atoms with Crippen LogP contribution in [-0.4, -0.2) is 25.2 Å². The first-order valence-electron chi connectivity index (χ1n) is 8.42. The minimum Gasteiger partial charge on any atom is -0.462 e. The summed E-state index contributed by atoms with van der Waals surface area (Å²) >= 11 is 0. The van der Waals surface area contributed by atoms with Gasteiger partial charge in [-0.1, -0.05) is 39.8 Å². The zero-order chi connectivity index (χ0) is 17.9. The highest BCUT2D eigenvalue weighted by Crippen LogP contribution is 2.44. The van der Waals surface area contributed by atoms with E-state index < -0.39 is 5.60 Å². The molecule has 0 aliphatic carbocycles. The van der Waals surface area contributed by atoms with Crippen LogP contribution in [0.25, 0.3) is 0 Å². The topological polar surface area (TPSA) is 65.1 Å². The van der Waals surface area contributed by atoms with Gasteiger partial charge in [-0.3, -0.25) is 9.59 Å². The summed E-state index contributed by atoms with van der Waals surface area (Å²) in [6, 6.07) is 5.64. The summed E-state index contributed by atoms with van der Waals surface area (Å²) in [5, 5.41) is 0. The zero-order valence-electron chi connectivity index (χ0n) is 15.0. The Morgan fingerprint density at radius 2 is 1.92 bits per heavy atom. The minimum atomic E-state index is -0.705. The molecule has 1 fully saturated rings. The van der Waals surface area contributed by atoms with Crippen LogP contribution in [0.4, 0.5) is 0 Å². The molecule has 1 aromatic rings. The van der Waals surface area contributed by atoms with Crippen molar-refractivity contribution < 1.29 is 23.8 Å². The molecular weight excluding hydrogens is 308 g/mol. The van der Waals surface area contributed by atoms with Crippen LogP contribution < -0.4 is 4.74 Å². The molecule has 0 radical (unpaired) electrons. The highest BCUT2D eigenvalue weighted by atomic mass is 16.6. The molecule has 0 aromatic heterocycles. The molecule has 2 atom stereocenters. The molecule has 0 saturated carbocycles. The van der Waals surface area contributed by atoms with Gasteiger partial charge in [-0.05, 0) is 25.0 Å². The van der Waals surface area contributed by atoms with Gasteiger partial charge in [-0.2, -0.15) is 0 Å². The van der Waals surface area contributed by atoms with E-state index in [0.717, 1.165) is 11.1 Å². The standard InChI is InChI=1S/C19H26O5/c1-6-14(5)18(21)24-16-9-13(4)7-8-15(16)19(11-23-19)10-22-17(20)12(2)3/h7-9,12,14H,6,10-11H2,1-5H3/t14-,19-/m0/s1. The highest BCUT2D eigenvalue weighted by Gasteiger charge is 2.50. The summed E-state index contributed by atoms with van der Waals surface area (Å²) in [6.45, 7) is 9.85. The van der Waals surface area contributed by atoms with Crippen molar-refractivity contribution in [1.29, 1.82) is 0 Å². The second kappa shape index (κ2) is 7.34. The number of benzene rings is 1. The number of hydrogen-bond acceptors (Lipinski definition) is 5. The molecule has 0 N–H and O–H groups in total. The Labute approximate surface area is 143 Å². The van der Waals surface area contributed by atoms with E-state index in [4.69, 9.17) is 14.2 Å². The Hall–Kier alpha value is -1.88. The molecule has 1 aliphatic heterocycles. The molecule has 24 heavy (non-hydrogen) atoms. The first-order chi connectivity index (χ1) is 11.3. The SMILES string of the molecule is CC[C@H](C)C(=O)Oc1cc(C)ccc1[C@]1(COC(=O)C(C)C)CO1. The number of hydrogen-bond donors (Lipinski definition) is 0. The average molecular weight is 334 g/mol. The Morgan fingerprint density at radius 1 is 1.25 bits per heavy atom. The lowest BCUT2D eigenvalue weighted by Gasteiger charge is -2.19. The van der Waals surface area contributed by atoms with Crippen LogP contribution in [0.15, 0.2) is 18.2 Å². The second-order valence-corrected chi connectivity index (χ2v) is 6.78. The molecule has 0 bridgehead atoms. The second-order valence-electron chi connectivity index (χ2n) is 6.78. The summed E-state index contributed by atoms with van der Waals surface area (Å²) in [6.07, 6.45) is 0.716. The fourth-order valence-electron chi connectivity index (χ4n) is 2.22. The number of rotatable bonds is 7. The number of esters is 2. The minimum absolute atomic E-state index is 0.126. The first-order valence-corrected chi connectivity index (χ1v) is 8.42. The molecule has 5 nitrogen and oxygen atoms in total. The maximum Gasteiger partial charge on any atom is 0.314 e. The van der Waals surface area contributed by atoms with Crippen molar-refractivity contribution in [2.75, 3.05) is 13.2 Å². The molecule has 0 spiro atoms. The van der Waals surface area contributed by atoms with Crippen molar-refractivity contribution >= 4 is 11.9 Å². The van der Waals surface area contributed by atoms with Gasteiger partial charge in [0.05, 0.1) is 18.4 Å². The van der Waals surface area contributed by atoms with Gasteiger partial charge >= 0.3 is 11.9 Å². The first kappa shape index (κ1) is 18.5. The summed E-state index contributed by atoms with van der Waals surface area (Å²) < 4.78 is 16.5. The Bertz CT molecular complexity index is 616. The average Bonchev–Trinajstić information content (AvgIpc) is 3.32. The van der Waals surface area contributed by atoms with Gasteiger partial charge in [0.25, 0.3) is 0 Å². The smallest absolute Gasteiger partial charge is 0.314 e. The molecule has 1 aromatic carbocycles. The van der Waals surface area contributed by atoms with Crippen LogP contribution in [0.1, 0.15) is 45.2 Å². The van der Waals surface area contributed by atoms with Crippen LogP contribution in [0.3, 0.4) is 0 Å². The van der Waals surface area contributed by atoms with Gasteiger partial charge in [0.15, 0.2) is 5.60 Å². The van der Waals surface area contributed by atoms with E-state index in [1.165, 1.54) is 0 Å². The zero-order valence-corrected chi connectivity index (χ0v) is 15.0. The Kier molecular flexibility index (Phi) is 5.65. The predicted molar refractivity (Wildman–Crippen MR) is 89.7 cm³/mol. The van der Waals surface area contributed by atoms with Crippen LogP contribution in [0.5, 0.6) is 5.75 Å². The van der Waals surface area contributed by atoms with Crippen LogP contribution in [0.2, 0.25) is 0 Å². The Balaban J connectivity index is 2.20. The molecule has 5 heteroatoms.